The van der Waals surface area contributed by atoms with Gasteiger partial charge in [0.25, 0.3) is 0 Å². The van der Waals surface area contributed by atoms with Gasteiger partial charge >= 0.3 is 0 Å². The molecule has 0 aromatic heterocycles. The first kappa shape index (κ1) is 15.8. The van der Waals surface area contributed by atoms with Crippen molar-refractivity contribution in [1.29, 1.82) is 0 Å². The van der Waals surface area contributed by atoms with E-state index >= 15 is 0 Å². The van der Waals surface area contributed by atoms with Crippen molar-refractivity contribution in [3.05, 3.63) is 0 Å². The van der Waals surface area contributed by atoms with E-state index in [9.17, 15) is 5.11 Å². The van der Waals surface area contributed by atoms with Gasteiger partial charge in [0.05, 0.1) is 19.3 Å². The number of ether oxygens (including phenoxy) is 2. The van der Waals surface area contributed by atoms with Crippen LogP contribution in [0.15, 0.2) is 0 Å². The second kappa shape index (κ2) is 11.3. The molecular weight excluding hydrogens is 206 g/mol. The molecule has 0 aliphatic rings. The van der Waals surface area contributed by atoms with Crippen molar-refractivity contribution in [2.24, 2.45) is 0 Å². The van der Waals surface area contributed by atoms with E-state index in [0.717, 1.165) is 25.9 Å². The first-order valence-corrected chi connectivity index (χ1v) is 6.22. The van der Waals surface area contributed by atoms with Crippen LogP contribution in [0.1, 0.15) is 33.1 Å². The van der Waals surface area contributed by atoms with Crippen LogP contribution in [-0.2, 0) is 9.47 Å². The summed E-state index contributed by atoms with van der Waals surface area (Å²) in [5, 5.41) is 12.9. The fourth-order valence-electron chi connectivity index (χ4n) is 1.35. The number of hydrogen-bond acceptors (Lipinski definition) is 4. The van der Waals surface area contributed by atoms with Crippen LogP contribution in [0.3, 0.4) is 0 Å². The van der Waals surface area contributed by atoms with Gasteiger partial charge in [-0.05, 0) is 12.8 Å². The van der Waals surface area contributed by atoms with Crippen molar-refractivity contribution in [2.45, 2.75) is 45.3 Å². The molecule has 0 rings (SSSR count). The van der Waals surface area contributed by atoms with Crippen molar-refractivity contribution in [1.82, 2.24) is 5.32 Å². The summed E-state index contributed by atoms with van der Waals surface area (Å²) in [4.78, 5) is 0. The van der Waals surface area contributed by atoms with Gasteiger partial charge in [0.2, 0.25) is 0 Å². The van der Waals surface area contributed by atoms with Crippen molar-refractivity contribution < 1.29 is 14.6 Å². The first-order chi connectivity index (χ1) is 7.74. The molecule has 2 unspecified atom stereocenters. The average Bonchev–Trinajstić information content (AvgIpc) is 2.30. The molecular formula is C12H27NO3. The molecule has 0 saturated heterocycles. The summed E-state index contributed by atoms with van der Waals surface area (Å²) < 4.78 is 10.4. The normalized spacial score (nSPS) is 15.0. The van der Waals surface area contributed by atoms with Crippen molar-refractivity contribution in [3.8, 4) is 0 Å². The Hall–Kier alpha value is -0.160. The van der Waals surface area contributed by atoms with Gasteiger partial charge in [-0.3, -0.25) is 0 Å². The van der Waals surface area contributed by atoms with Gasteiger partial charge in [0.15, 0.2) is 0 Å². The Morgan fingerprint density at radius 3 is 2.56 bits per heavy atom. The Kier molecular flexibility index (Phi) is 11.2. The van der Waals surface area contributed by atoms with E-state index in [-0.39, 0.29) is 0 Å². The zero-order valence-corrected chi connectivity index (χ0v) is 10.9. The van der Waals surface area contributed by atoms with Crippen LogP contribution in [0.2, 0.25) is 0 Å². The fourth-order valence-corrected chi connectivity index (χ4v) is 1.35. The highest BCUT2D eigenvalue weighted by atomic mass is 16.5. The predicted molar refractivity (Wildman–Crippen MR) is 65.7 cm³/mol. The van der Waals surface area contributed by atoms with Crippen LogP contribution >= 0.6 is 0 Å². The minimum atomic E-state index is -0.428. The predicted octanol–water partition coefficient (Wildman–Crippen LogP) is 1.18. The van der Waals surface area contributed by atoms with E-state index in [1.165, 1.54) is 0 Å². The van der Waals surface area contributed by atoms with Crippen molar-refractivity contribution in [3.63, 3.8) is 0 Å². The van der Waals surface area contributed by atoms with Crippen molar-refractivity contribution in [2.75, 3.05) is 33.5 Å². The summed E-state index contributed by atoms with van der Waals surface area (Å²) in [5.41, 5.74) is 0. The summed E-state index contributed by atoms with van der Waals surface area (Å²) >= 11 is 0. The van der Waals surface area contributed by atoms with Crippen LogP contribution in [0.4, 0.5) is 0 Å². The maximum atomic E-state index is 9.63. The molecule has 0 aromatic rings. The molecule has 0 bridgehead atoms. The summed E-state index contributed by atoms with van der Waals surface area (Å²) in [6, 6.07) is 0.315. The lowest BCUT2D eigenvalue weighted by Crippen LogP contribution is -2.39. The van der Waals surface area contributed by atoms with E-state index in [1.807, 2.05) is 0 Å². The molecule has 0 heterocycles. The molecule has 4 heteroatoms. The summed E-state index contributed by atoms with van der Waals surface area (Å²) in [6.07, 6.45) is 2.75. The molecule has 4 nitrogen and oxygen atoms in total. The Bertz CT molecular complexity index is 144. The second-order valence-corrected chi connectivity index (χ2v) is 4.05. The third kappa shape index (κ3) is 9.09. The second-order valence-electron chi connectivity index (χ2n) is 4.05. The summed E-state index contributed by atoms with van der Waals surface area (Å²) in [6.45, 7) is 6.62. The first-order valence-electron chi connectivity index (χ1n) is 6.22. The third-order valence-corrected chi connectivity index (χ3v) is 2.46. The molecule has 0 saturated carbocycles. The molecule has 2 N–H and O–H groups in total. The molecule has 0 aliphatic heterocycles. The number of aliphatic hydroxyl groups is 1. The zero-order chi connectivity index (χ0) is 12.2. The lowest BCUT2D eigenvalue weighted by atomic mass is 10.2. The minimum Gasteiger partial charge on any atom is -0.389 e. The highest BCUT2D eigenvalue weighted by molar-refractivity contribution is 4.67. The molecule has 2 atom stereocenters. The summed E-state index contributed by atoms with van der Waals surface area (Å²) in [5.74, 6) is 0. The average molecular weight is 233 g/mol. The number of methoxy groups -OCH3 is 1. The molecule has 0 fully saturated rings. The number of aliphatic hydroxyl groups excluding tert-OH is 1. The Labute approximate surface area is 99.3 Å². The largest absolute Gasteiger partial charge is 0.389 e. The van der Waals surface area contributed by atoms with E-state index in [0.29, 0.717) is 25.8 Å². The molecule has 0 spiro atoms. The van der Waals surface area contributed by atoms with Crippen LogP contribution in [0, 0.1) is 0 Å². The summed E-state index contributed by atoms with van der Waals surface area (Å²) in [7, 11) is 1.69. The van der Waals surface area contributed by atoms with E-state index in [4.69, 9.17) is 9.47 Å². The van der Waals surface area contributed by atoms with Crippen LogP contribution in [0.5, 0.6) is 0 Å². The Balaban J connectivity index is 3.43. The van der Waals surface area contributed by atoms with Gasteiger partial charge in [-0.25, -0.2) is 0 Å². The maximum absolute atomic E-state index is 9.63. The van der Waals surface area contributed by atoms with Gasteiger partial charge in [-0.15, -0.1) is 0 Å². The topological polar surface area (TPSA) is 50.7 Å². The fraction of sp³-hybridized carbons (Fsp3) is 1.00. The highest BCUT2D eigenvalue weighted by Gasteiger charge is 2.08. The van der Waals surface area contributed by atoms with Crippen LogP contribution in [0.25, 0.3) is 0 Å². The lowest BCUT2D eigenvalue weighted by Gasteiger charge is -2.18. The Morgan fingerprint density at radius 2 is 2.00 bits per heavy atom. The van der Waals surface area contributed by atoms with Crippen molar-refractivity contribution >= 4 is 0 Å². The number of rotatable bonds is 11. The van der Waals surface area contributed by atoms with E-state index < -0.39 is 6.10 Å². The number of unbranched alkanes of at least 4 members (excludes halogenated alkanes) is 1. The minimum absolute atomic E-state index is 0.315. The van der Waals surface area contributed by atoms with E-state index in [1.54, 1.807) is 7.11 Å². The van der Waals surface area contributed by atoms with Gasteiger partial charge in [0.1, 0.15) is 0 Å². The lowest BCUT2D eigenvalue weighted by molar-refractivity contribution is 0.0326. The maximum Gasteiger partial charge on any atom is 0.0897 e. The molecule has 16 heavy (non-hydrogen) atoms. The zero-order valence-electron chi connectivity index (χ0n) is 10.9. The standard InChI is InChI=1S/C12H27NO3/c1-4-6-7-16-10-12(14)8-13-11(5-2)9-15-3/h11-14H,4-10H2,1-3H3. The van der Waals surface area contributed by atoms with Gasteiger partial charge in [-0.1, -0.05) is 20.3 Å². The van der Waals surface area contributed by atoms with Gasteiger partial charge in [0, 0.05) is 26.3 Å². The monoisotopic (exact) mass is 233 g/mol. The molecule has 0 aliphatic carbocycles. The molecule has 98 valence electrons. The van der Waals surface area contributed by atoms with Crippen LogP contribution < -0.4 is 5.32 Å². The van der Waals surface area contributed by atoms with Crippen LogP contribution in [-0.4, -0.2) is 50.7 Å². The number of nitrogens with one attached hydrogen (secondary N) is 1. The van der Waals surface area contributed by atoms with Gasteiger partial charge < -0.3 is 19.9 Å². The molecule has 0 aromatic carbocycles. The highest BCUT2D eigenvalue weighted by Crippen LogP contribution is 1.94. The third-order valence-electron chi connectivity index (χ3n) is 2.46. The molecule has 0 amide bonds. The number of hydrogen-bond donors (Lipinski definition) is 2. The SMILES string of the molecule is CCCCOCC(O)CNC(CC)COC. The quantitative estimate of drug-likeness (QED) is 0.526. The van der Waals surface area contributed by atoms with E-state index in [2.05, 4.69) is 19.2 Å². The Morgan fingerprint density at radius 1 is 1.25 bits per heavy atom. The smallest absolute Gasteiger partial charge is 0.0897 e. The van der Waals surface area contributed by atoms with Gasteiger partial charge in [-0.2, -0.15) is 0 Å². The molecule has 0 radical (unpaired) electrons.